The van der Waals surface area contributed by atoms with Gasteiger partial charge in [-0.25, -0.2) is 4.39 Å². The Bertz CT molecular complexity index is 738. The number of nitrogens with one attached hydrogen (secondary N) is 1. The first-order valence-corrected chi connectivity index (χ1v) is 7.01. The molecule has 0 aliphatic heterocycles. The third-order valence-corrected chi connectivity index (χ3v) is 3.54. The fraction of sp³-hybridized carbons (Fsp3) is 0.0588. The molecule has 0 fully saturated rings. The van der Waals surface area contributed by atoms with Crippen LogP contribution in [0.2, 0.25) is 5.02 Å². The minimum Gasteiger partial charge on any atom is -0.381 e. The van der Waals surface area contributed by atoms with Crippen LogP contribution in [0.3, 0.4) is 0 Å². The van der Waals surface area contributed by atoms with E-state index in [2.05, 4.69) is 5.32 Å². The van der Waals surface area contributed by atoms with Gasteiger partial charge in [0.15, 0.2) is 0 Å². The van der Waals surface area contributed by atoms with E-state index in [4.69, 9.17) is 11.6 Å². The van der Waals surface area contributed by atoms with Crippen molar-refractivity contribution in [3.8, 4) is 5.69 Å². The van der Waals surface area contributed by atoms with Crippen LogP contribution in [0, 0.1) is 5.82 Å². The van der Waals surface area contributed by atoms with Crippen LogP contribution < -0.4 is 5.32 Å². The molecule has 1 N–H and O–H groups in total. The van der Waals surface area contributed by atoms with E-state index in [0.29, 0.717) is 6.54 Å². The Labute approximate surface area is 127 Å². The average molecular weight is 301 g/mol. The Morgan fingerprint density at radius 3 is 2.57 bits per heavy atom. The molecule has 21 heavy (non-hydrogen) atoms. The fourth-order valence-electron chi connectivity index (χ4n) is 2.14. The number of benzene rings is 2. The molecule has 0 saturated carbocycles. The van der Waals surface area contributed by atoms with Crippen molar-refractivity contribution in [2.45, 2.75) is 6.54 Å². The normalized spacial score (nSPS) is 10.6. The molecule has 4 heteroatoms. The first-order valence-electron chi connectivity index (χ1n) is 6.63. The monoisotopic (exact) mass is 300 g/mol. The maximum Gasteiger partial charge on any atom is 0.142 e. The second-order valence-corrected chi connectivity index (χ2v) is 5.15. The molecule has 0 radical (unpaired) electrons. The van der Waals surface area contributed by atoms with Crippen LogP contribution in [0.1, 0.15) is 5.56 Å². The third-order valence-electron chi connectivity index (χ3n) is 3.23. The van der Waals surface area contributed by atoms with Crippen molar-refractivity contribution < 1.29 is 4.39 Å². The molecule has 0 bridgehead atoms. The van der Waals surface area contributed by atoms with Crippen LogP contribution in [0.5, 0.6) is 0 Å². The molecule has 2 nitrogen and oxygen atoms in total. The van der Waals surface area contributed by atoms with Crippen molar-refractivity contribution in [3.05, 3.63) is 83.4 Å². The Hall–Kier alpha value is -2.26. The smallest absolute Gasteiger partial charge is 0.142 e. The Kier molecular flexibility index (Phi) is 3.93. The summed E-state index contributed by atoms with van der Waals surface area (Å²) in [6.45, 7) is 0.545. The number of nitrogens with zero attached hydrogens (tertiary/aromatic N) is 1. The lowest BCUT2D eigenvalue weighted by molar-refractivity contribution is 0.626. The highest BCUT2D eigenvalue weighted by atomic mass is 35.5. The summed E-state index contributed by atoms with van der Waals surface area (Å²) < 4.78 is 15.4. The highest BCUT2D eigenvalue weighted by Crippen LogP contribution is 2.18. The summed E-state index contributed by atoms with van der Waals surface area (Å²) in [5.74, 6) is -0.392. The summed E-state index contributed by atoms with van der Waals surface area (Å²) in [5, 5.41) is 3.43. The highest BCUT2D eigenvalue weighted by molar-refractivity contribution is 6.30. The zero-order valence-corrected chi connectivity index (χ0v) is 12.0. The van der Waals surface area contributed by atoms with E-state index in [9.17, 15) is 4.39 Å². The van der Waals surface area contributed by atoms with Crippen molar-refractivity contribution >= 4 is 17.3 Å². The summed E-state index contributed by atoms with van der Waals surface area (Å²) in [6, 6.07) is 16.9. The summed E-state index contributed by atoms with van der Waals surface area (Å²) in [6.07, 6.45) is 3.99. The number of hydrogen-bond acceptors (Lipinski definition) is 1. The van der Waals surface area contributed by atoms with Crippen LogP contribution in [-0.2, 0) is 6.54 Å². The molecule has 0 atom stereocenters. The first-order chi connectivity index (χ1) is 10.2. The number of anilines is 1. The second kappa shape index (κ2) is 6.02. The lowest BCUT2D eigenvalue weighted by atomic mass is 10.2. The van der Waals surface area contributed by atoms with E-state index >= 15 is 0 Å². The van der Waals surface area contributed by atoms with Crippen LogP contribution in [0.4, 0.5) is 10.1 Å². The van der Waals surface area contributed by atoms with Gasteiger partial charge in [-0.15, -0.1) is 0 Å². The zero-order chi connectivity index (χ0) is 14.7. The molecular formula is C17H14ClFN2. The summed E-state index contributed by atoms with van der Waals surface area (Å²) in [4.78, 5) is 0. The molecule has 3 aromatic rings. The van der Waals surface area contributed by atoms with Crippen molar-refractivity contribution in [2.75, 3.05) is 5.32 Å². The van der Waals surface area contributed by atoms with Gasteiger partial charge in [0.2, 0.25) is 0 Å². The van der Waals surface area contributed by atoms with E-state index < -0.39 is 5.82 Å². The summed E-state index contributed by atoms with van der Waals surface area (Å²) in [7, 11) is 0. The predicted octanol–water partition coefficient (Wildman–Crippen LogP) is 4.88. The SMILES string of the molecule is Fc1cc(CNc2cccc(-n3cccc3)c2)ccc1Cl. The largest absolute Gasteiger partial charge is 0.381 e. The van der Waals surface area contributed by atoms with Crippen LogP contribution in [0.25, 0.3) is 5.69 Å². The van der Waals surface area contributed by atoms with Gasteiger partial charge in [0, 0.05) is 30.3 Å². The quantitative estimate of drug-likeness (QED) is 0.726. The van der Waals surface area contributed by atoms with Crippen LogP contribution in [-0.4, -0.2) is 4.57 Å². The molecule has 106 valence electrons. The van der Waals surface area contributed by atoms with Gasteiger partial charge in [0.1, 0.15) is 5.82 Å². The average Bonchev–Trinajstić information content (AvgIpc) is 3.03. The molecule has 0 saturated heterocycles. The molecule has 0 aliphatic rings. The molecule has 2 aromatic carbocycles. The van der Waals surface area contributed by atoms with Gasteiger partial charge >= 0.3 is 0 Å². The molecule has 1 aromatic heterocycles. The maximum absolute atomic E-state index is 13.4. The van der Waals surface area contributed by atoms with E-state index in [1.165, 1.54) is 6.07 Å². The summed E-state index contributed by atoms with van der Waals surface area (Å²) >= 11 is 5.68. The molecule has 1 heterocycles. The van der Waals surface area contributed by atoms with Crippen LogP contribution in [0.15, 0.2) is 67.0 Å². The van der Waals surface area contributed by atoms with Crippen molar-refractivity contribution in [1.82, 2.24) is 4.57 Å². The zero-order valence-electron chi connectivity index (χ0n) is 11.3. The number of hydrogen-bond donors (Lipinski definition) is 1. The topological polar surface area (TPSA) is 17.0 Å². The fourth-order valence-corrected chi connectivity index (χ4v) is 2.25. The minimum atomic E-state index is -0.392. The second-order valence-electron chi connectivity index (χ2n) is 4.74. The van der Waals surface area contributed by atoms with Gasteiger partial charge < -0.3 is 9.88 Å². The lowest BCUT2D eigenvalue weighted by Gasteiger charge is -2.09. The van der Waals surface area contributed by atoms with E-state index in [0.717, 1.165) is 16.9 Å². The predicted molar refractivity (Wildman–Crippen MR) is 84.5 cm³/mol. The highest BCUT2D eigenvalue weighted by Gasteiger charge is 2.02. The summed E-state index contributed by atoms with van der Waals surface area (Å²) in [5.41, 5.74) is 2.91. The van der Waals surface area contributed by atoms with Crippen molar-refractivity contribution in [1.29, 1.82) is 0 Å². The van der Waals surface area contributed by atoms with Gasteiger partial charge in [0.05, 0.1) is 5.02 Å². The number of aromatic nitrogens is 1. The standard InChI is InChI=1S/C17H14ClFN2/c18-16-7-6-13(10-17(16)19)12-20-14-4-3-5-15(11-14)21-8-1-2-9-21/h1-11,20H,12H2. The Balaban J connectivity index is 1.73. The minimum absolute atomic E-state index is 0.147. The van der Waals surface area contributed by atoms with Gasteiger partial charge in [0.25, 0.3) is 0 Å². The van der Waals surface area contributed by atoms with E-state index in [-0.39, 0.29) is 5.02 Å². The lowest BCUT2D eigenvalue weighted by Crippen LogP contribution is -2.01. The third kappa shape index (κ3) is 3.26. The number of halogens is 2. The first kappa shape index (κ1) is 13.7. The number of rotatable bonds is 4. The van der Waals surface area contributed by atoms with Gasteiger partial charge in [-0.05, 0) is 48.0 Å². The molecular weight excluding hydrogens is 287 g/mol. The Morgan fingerprint density at radius 2 is 1.81 bits per heavy atom. The van der Waals surface area contributed by atoms with Crippen LogP contribution >= 0.6 is 11.6 Å². The molecule has 0 spiro atoms. The van der Waals surface area contributed by atoms with Crippen molar-refractivity contribution in [3.63, 3.8) is 0 Å². The molecule has 3 rings (SSSR count). The molecule has 0 aliphatic carbocycles. The maximum atomic E-state index is 13.4. The Morgan fingerprint density at radius 1 is 1.00 bits per heavy atom. The van der Waals surface area contributed by atoms with Gasteiger partial charge in [-0.2, -0.15) is 0 Å². The van der Waals surface area contributed by atoms with E-state index in [1.807, 2.05) is 59.4 Å². The van der Waals surface area contributed by atoms with Gasteiger partial charge in [-0.3, -0.25) is 0 Å². The van der Waals surface area contributed by atoms with E-state index in [1.54, 1.807) is 6.07 Å². The van der Waals surface area contributed by atoms with Crippen molar-refractivity contribution in [2.24, 2.45) is 0 Å². The van der Waals surface area contributed by atoms with Gasteiger partial charge in [-0.1, -0.05) is 23.7 Å². The molecule has 0 unspecified atom stereocenters. The molecule has 0 amide bonds.